The summed E-state index contributed by atoms with van der Waals surface area (Å²) in [5.74, 6) is 0.905. The first-order chi connectivity index (χ1) is 10.8. The predicted octanol–water partition coefficient (Wildman–Crippen LogP) is 3.59. The second kappa shape index (κ2) is 7.25. The number of aryl methyl sites for hydroxylation is 1. The van der Waals surface area contributed by atoms with E-state index in [1.807, 2.05) is 36.5 Å². The number of carbonyl (C=O) groups is 1. The summed E-state index contributed by atoms with van der Waals surface area (Å²) in [5, 5.41) is 0. The molecule has 1 aliphatic carbocycles. The molecule has 22 heavy (non-hydrogen) atoms. The largest absolute Gasteiger partial charge is 0.469 e. The molecule has 0 radical (unpaired) electrons. The number of aromatic nitrogens is 1. The topological polar surface area (TPSA) is 47.5 Å². The van der Waals surface area contributed by atoms with Crippen LogP contribution < -0.4 is 5.49 Å². The van der Waals surface area contributed by atoms with Gasteiger partial charge in [-0.25, -0.2) is 0 Å². The van der Waals surface area contributed by atoms with Crippen LogP contribution in [0.3, 0.4) is 0 Å². The molecule has 2 aromatic heterocycles. The Labute approximate surface area is 130 Å². The summed E-state index contributed by atoms with van der Waals surface area (Å²) in [5.41, 5.74) is 0.777. The first-order valence-corrected chi connectivity index (χ1v) is 8.10. The van der Waals surface area contributed by atoms with Crippen molar-refractivity contribution in [2.45, 2.75) is 51.0 Å². The van der Waals surface area contributed by atoms with E-state index >= 15 is 0 Å². The molecule has 4 heteroatoms. The summed E-state index contributed by atoms with van der Waals surface area (Å²) in [4.78, 5) is 17.3. The summed E-state index contributed by atoms with van der Waals surface area (Å²) in [6.45, 7) is 0. The van der Waals surface area contributed by atoms with Gasteiger partial charge in [-0.05, 0) is 37.1 Å². The van der Waals surface area contributed by atoms with Crippen molar-refractivity contribution in [2.75, 3.05) is 0 Å². The van der Waals surface area contributed by atoms with E-state index in [-0.39, 0.29) is 5.91 Å². The van der Waals surface area contributed by atoms with Gasteiger partial charge in [-0.3, -0.25) is 14.4 Å². The lowest BCUT2D eigenvalue weighted by molar-refractivity contribution is 0.0895. The van der Waals surface area contributed by atoms with Gasteiger partial charge in [0, 0.05) is 19.0 Å². The molecule has 3 rings (SSSR count). The molecule has 2 heterocycles. The summed E-state index contributed by atoms with van der Waals surface area (Å²) in [7, 11) is 0. The summed E-state index contributed by atoms with van der Waals surface area (Å²) in [6.07, 6.45) is 10.6. The molecular formula is C18H22N2O2. The molecule has 1 saturated carbocycles. The maximum absolute atomic E-state index is 12.5. The molecule has 0 saturated heterocycles. The van der Waals surface area contributed by atoms with Crippen LogP contribution in [-0.4, -0.2) is 16.5 Å². The van der Waals surface area contributed by atoms with Crippen LogP contribution in [-0.2, 0) is 6.42 Å². The van der Waals surface area contributed by atoms with Gasteiger partial charge in [-0.1, -0.05) is 25.3 Å². The van der Waals surface area contributed by atoms with Gasteiger partial charge in [0.05, 0.1) is 12.3 Å². The lowest BCUT2D eigenvalue weighted by atomic mass is 9.96. The smallest absolute Gasteiger partial charge is 0.232 e. The Hall–Kier alpha value is -2.10. The fraction of sp³-hybridized carbons (Fsp3) is 0.444. The molecule has 0 unspecified atom stereocenters. The Morgan fingerprint density at radius 2 is 2.05 bits per heavy atom. The van der Waals surface area contributed by atoms with Crippen LogP contribution in [0.15, 0.2) is 52.2 Å². The zero-order valence-electron chi connectivity index (χ0n) is 12.8. The number of nitrogens with zero attached hydrogens (tertiary/aromatic N) is 2. The molecular weight excluding hydrogens is 276 g/mol. The van der Waals surface area contributed by atoms with Crippen molar-refractivity contribution < 1.29 is 9.21 Å². The molecule has 2 aromatic rings. The number of hydrogen-bond acceptors (Lipinski definition) is 3. The van der Waals surface area contributed by atoms with Crippen LogP contribution in [0.4, 0.5) is 0 Å². The van der Waals surface area contributed by atoms with E-state index in [0.29, 0.717) is 18.9 Å². The lowest BCUT2D eigenvalue weighted by Crippen LogP contribution is -2.29. The van der Waals surface area contributed by atoms with Crippen LogP contribution in [0.2, 0.25) is 0 Å². The highest BCUT2D eigenvalue weighted by Gasteiger charge is 2.13. The van der Waals surface area contributed by atoms with E-state index < -0.39 is 0 Å². The van der Waals surface area contributed by atoms with Crippen molar-refractivity contribution in [3.63, 3.8) is 0 Å². The first kappa shape index (κ1) is 14.8. The van der Waals surface area contributed by atoms with E-state index in [1.54, 1.807) is 10.8 Å². The number of carbonyl (C=O) groups excluding carboxylic acids is 1. The second-order valence-electron chi connectivity index (χ2n) is 5.82. The minimum atomic E-state index is 0.0616. The van der Waals surface area contributed by atoms with Gasteiger partial charge in [0.1, 0.15) is 11.2 Å². The molecule has 1 aliphatic rings. The van der Waals surface area contributed by atoms with Gasteiger partial charge in [0.2, 0.25) is 5.91 Å². The van der Waals surface area contributed by atoms with Crippen molar-refractivity contribution >= 4 is 5.91 Å². The minimum absolute atomic E-state index is 0.0616. The third-order valence-electron chi connectivity index (χ3n) is 4.16. The predicted molar refractivity (Wildman–Crippen MR) is 84.5 cm³/mol. The van der Waals surface area contributed by atoms with Crippen molar-refractivity contribution in [1.82, 2.24) is 4.57 Å². The van der Waals surface area contributed by atoms with E-state index in [1.165, 1.54) is 19.3 Å². The molecule has 0 atom stereocenters. The van der Waals surface area contributed by atoms with Gasteiger partial charge in [0.15, 0.2) is 0 Å². The molecule has 4 nitrogen and oxygen atoms in total. The van der Waals surface area contributed by atoms with Gasteiger partial charge in [0.25, 0.3) is 0 Å². The first-order valence-electron chi connectivity index (χ1n) is 8.10. The number of rotatable bonds is 4. The van der Waals surface area contributed by atoms with Crippen LogP contribution in [0.1, 0.15) is 49.1 Å². The normalized spacial score (nSPS) is 16.8. The van der Waals surface area contributed by atoms with Gasteiger partial charge in [-0.15, -0.1) is 0 Å². The monoisotopic (exact) mass is 298 g/mol. The fourth-order valence-corrected chi connectivity index (χ4v) is 2.95. The maximum Gasteiger partial charge on any atom is 0.232 e. The lowest BCUT2D eigenvalue weighted by Gasteiger charge is -2.17. The van der Waals surface area contributed by atoms with Crippen LogP contribution in [0.5, 0.6) is 0 Å². The number of furan rings is 1. The molecule has 0 aromatic carbocycles. The summed E-state index contributed by atoms with van der Waals surface area (Å²) >= 11 is 0. The van der Waals surface area contributed by atoms with Crippen molar-refractivity contribution in [2.24, 2.45) is 4.99 Å². The van der Waals surface area contributed by atoms with E-state index in [4.69, 9.17) is 9.41 Å². The molecule has 0 N–H and O–H groups in total. The van der Waals surface area contributed by atoms with Crippen LogP contribution >= 0.6 is 0 Å². The zero-order chi connectivity index (χ0) is 15.2. The SMILES string of the molecule is O=C(CCc1ccco1)n1ccccc1=NC1CCCCC1. The van der Waals surface area contributed by atoms with Crippen LogP contribution in [0, 0.1) is 0 Å². The van der Waals surface area contributed by atoms with Gasteiger partial charge < -0.3 is 4.42 Å². The quantitative estimate of drug-likeness (QED) is 0.866. The molecule has 0 aliphatic heterocycles. The van der Waals surface area contributed by atoms with E-state index in [0.717, 1.165) is 24.1 Å². The summed E-state index contributed by atoms with van der Waals surface area (Å²) in [6, 6.07) is 9.86. The zero-order valence-corrected chi connectivity index (χ0v) is 12.8. The number of hydrogen-bond donors (Lipinski definition) is 0. The maximum atomic E-state index is 12.5. The highest BCUT2D eigenvalue weighted by atomic mass is 16.3. The molecule has 116 valence electrons. The molecule has 0 spiro atoms. The Bertz CT molecular complexity index is 664. The van der Waals surface area contributed by atoms with Crippen molar-refractivity contribution in [3.05, 3.63) is 54.0 Å². The second-order valence-corrected chi connectivity index (χ2v) is 5.82. The van der Waals surface area contributed by atoms with E-state index in [9.17, 15) is 4.79 Å². The summed E-state index contributed by atoms with van der Waals surface area (Å²) < 4.78 is 6.96. The number of pyridine rings is 1. The highest BCUT2D eigenvalue weighted by Crippen LogP contribution is 2.19. The molecule has 1 fully saturated rings. The standard InChI is InChI=1S/C18H22N2O2/c21-18(12-11-16-9-6-14-22-16)20-13-5-4-10-17(20)19-15-7-2-1-3-8-15/h4-6,9-10,13-15H,1-3,7-8,11-12H2. The van der Waals surface area contributed by atoms with Gasteiger partial charge in [-0.2, -0.15) is 0 Å². The van der Waals surface area contributed by atoms with Gasteiger partial charge >= 0.3 is 0 Å². The third-order valence-corrected chi connectivity index (χ3v) is 4.16. The molecule has 0 bridgehead atoms. The van der Waals surface area contributed by atoms with E-state index in [2.05, 4.69) is 0 Å². The Morgan fingerprint density at radius 1 is 1.18 bits per heavy atom. The molecule has 0 amide bonds. The minimum Gasteiger partial charge on any atom is -0.469 e. The average Bonchev–Trinajstić information content (AvgIpc) is 3.08. The average molecular weight is 298 g/mol. The third kappa shape index (κ3) is 3.75. The Morgan fingerprint density at radius 3 is 2.82 bits per heavy atom. The van der Waals surface area contributed by atoms with Crippen molar-refractivity contribution in [3.8, 4) is 0 Å². The Kier molecular flexibility index (Phi) is 4.88. The van der Waals surface area contributed by atoms with Crippen molar-refractivity contribution in [1.29, 1.82) is 0 Å². The highest BCUT2D eigenvalue weighted by molar-refractivity contribution is 5.78. The fourth-order valence-electron chi connectivity index (χ4n) is 2.95. The Balaban J connectivity index is 1.75. The van der Waals surface area contributed by atoms with Crippen LogP contribution in [0.25, 0.3) is 0 Å².